The number of hydrogen-bond donors (Lipinski definition) is 1. The number of thiazole rings is 1. The topological polar surface area (TPSA) is 68.7 Å². The van der Waals surface area contributed by atoms with Crippen molar-refractivity contribution in [2.24, 2.45) is 0 Å². The van der Waals surface area contributed by atoms with Crippen LogP contribution in [-0.2, 0) is 4.74 Å². The van der Waals surface area contributed by atoms with Crippen LogP contribution in [0.1, 0.15) is 22.3 Å². The molecule has 0 bridgehead atoms. The zero-order valence-corrected chi connectivity index (χ0v) is 12.3. The number of carbonyl (C=O) groups is 1. The smallest absolute Gasteiger partial charge is 0.357 e. The monoisotopic (exact) mass is 293 g/mol. The summed E-state index contributed by atoms with van der Waals surface area (Å²) in [7, 11) is 1.33. The summed E-state index contributed by atoms with van der Waals surface area (Å²) in [5.74, 6) is 0.0309. The van der Waals surface area contributed by atoms with E-state index in [0.29, 0.717) is 23.1 Å². The van der Waals surface area contributed by atoms with Crippen molar-refractivity contribution in [3.8, 4) is 22.1 Å². The first-order valence-electron chi connectivity index (χ1n) is 6.08. The number of ether oxygens (including phenoxy) is 2. The van der Waals surface area contributed by atoms with Gasteiger partial charge in [-0.05, 0) is 32.0 Å². The van der Waals surface area contributed by atoms with Crippen LogP contribution in [0.15, 0.2) is 18.2 Å². The van der Waals surface area contributed by atoms with Crippen LogP contribution < -0.4 is 4.74 Å². The number of methoxy groups -OCH3 is 1. The van der Waals surface area contributed by atoms with Crippen molar-refractivity contribution in [1.82, 2.24) is 4.98 Å². The van der Waals surface area contributed by atoms with Crippen molar-refractivity contribution < 1.29 is 19.4 Å². The molecule has 0 unspecified atom stereocenters. The van der Waals surface area contributed by atoms with Gasteiger partial charge >= 0.3 is 5.97 Å². The summed E-state index contributed by atoms with van der Waals surface area (Å²) in [6, 6.07) is 4.99. The predicted molar refractivity (Wildman–Crippen MR) is 76.5 cm³/mol. The minimum Gasteiger partial charge on any atom is -0.504 e. The first-order chi connectivity index (χ1) is 9.56. The van der Waals surface area contributed by atoms with Crippen LogP contribution in [0.3, 0.4) is 0 Å². The second-order valence-electron chi connectivity index (χ2n) is 4.03. The fourth-order valence-electron chi connectivity index (χ4n) is 1.72. The Morgan fingerprint density at radius 3 is 2.85 bits per heavy atom. The van der Waals surface area contributed by atoms with Gasteiger partial charge in [0.05, 0.1) is 13.7 Å². The van der Waals surface area contributed by atoms with E-state index in [1.807, 2.05) is 13.8 Å². The molecule has 5 nitrogen and oxygen atoms in total. The first kappa shape index (κ1) is 14.3. The third-order valence-corrected chi connectivity index (χ3v) is 3.70. The average molecular weight is 293 g/mol. The second kappa shape index (κ2) is 5.92. The summed E-state index contributed by atoms with van der Waals surface area (Å²) in [5.41, 5.74) is 1.10. The van der Waals surface area contributed by atoms with E-state index in [4.69, 9.17) is 4.74 Å². The number of rotatable bonds is 4. The summed E-state index contributed by atoms with van der Waals surface area (Å²) in [5, 5.41) is 10.4. The van der Waals surface area contributed by atoms with Gasteiger partial charge in [0.2, 0.25) is 0 Å². The molecule has 0 aliphatic carbocycles. The van der Waals surface area contributed by atoms with Crippen LogP contribution in [0.25, 0.3) is 10.6 Å². The standard InChI is InChI=1S/C14H15NO4S/c1-4-19-11-7-9(5-6-10(11)16)13-15-12(8(2)20-13)14(17)18-3/h5-7,16H,4H2,1-3H3. The maximum absolute atomic E-state index is 11.6. The molecule has 1 aromatic carbocycles. The van der Waals surface area contributed by atoms with E-state index >= 15 is 0 Å². The van der Waals surface area contributed by atoms with E-state index in [9.17, 15) is 9.90 Å². The summed E-state index contributed by atoms with van der Waals surface area (Å²) in [6.07, 6.45) is 0. The summed E-state index contributed by atoms with van der Waals surface area (Å²) < 4.78 is 10.0. The van der Waals surface area contributed by atoms with Crippen LogP contribution in [0, 0.1) is 6.92 Å². The normalized spacial score (nSPS) is 10.3. The van der Waals surface area contributed by atoms with Gasteiger partial charge in [0.25, 0.3) is 0 Å². The second-order valence-corrected chi connectivity index (χ2v) is 5.23. The van der Waals surface area contributed by atoms with Crippen LogP contribution in [-0.4, -0.2) is 29.8 Å². The zero-order valence-electron chi connectivity index (χ0n) is 11.5. The molecule has 0 spiro atoms. The minimum absolute atomic E-state index is 0.0806. The summed E-state index contributed by atoms with van der Waals surface area (Å²) in [6.45, 7) is 4.12. The molecule has 0 saturated heterocycles. The Hall–Kier alpha value is -2.08. The minimum atomic E-state index is -0.450. The first-order valence-corrected chi connectivity index (χ1v) is 6.90. The van der Waals surface area contributed by atoms with Gasteiger partial charge in [-0.2, -0.15) is 0 Å². The molecular formula is C14H15NO4S. The Kier molecular flexibility index (Phi) is 4.24. The number of aromatic nitrogens is 1. The van der Waals surface area contributed by atoms with E-state index in [0.717, 1.165) is 10.4 Å². The van der Waals surface area contributed by atoms with E-state index in [-0.39, 0.29) is 5.75 Å². The molecular weight excluding hydrogens is 278 g/mol. The number of hydrogen-bond acceptors (Lipinski definition) is 6. The molecule has 0 radical (unpaired) electrons. The van der Waals surface area contributed by atoms with E-state index in [1.54, 1.807) is 18.2 Å². The molecule has 20 heavy (non-hydrogen) atoms. The van der Waals surface area contributed by atoms with Crippen LogP contribution >= 0.6 is 11.3 Å². The van der Waals surface area contributed by atoms with Crippen molar-refractivity contribution >= 4 is 17.3 Å². The number of aryl methyl sites for hydroxylation is 1. The SMILES string of the molecule is CCOc1cc(-c2nc(C(=O)OC)c(C)s2)ccc1O. The quantitative estimate of drug-likeness (QED) is 0.878. The lowest BCUT2D eigenvalue weighted by molar-refractivity contribution is 0.0594. The van der Waals surface area contributed by atoms with Gasteiger partial charge in [-0.15, -0.1) is 11.3 Å². The Labute approximate surface area is 120 Å². The van der Waals surface area contributed by atoms with Crippen molar-refractivity contribution in [3.05, 3.63) is 28.8 Å². The molecule has 1 heterocycles. The number of phenolic OH excluding ortho intramolecular Hbond substituents is 1. The van der Waals surface area contributed by atoms with Crippen LogP contribution in [0.5, 0.6) is 11.5 Å². The highest BCUT2D eigenvalue weighted by molar-refractivity contribution is 7.15. The Bertz CT molecular complexity index is 636. The van der Waals surface area contributed by atoms with Crippen LogP contribution in [0.4, 0.5) is 0 Å². The zero-order chi connectivity index (χ0) is 14.7. The average Bonchev–Trinajstić information content (AvgIpc) is 2.82. The van der Waals surface area contributed by atoms with Crippen molar-refractivity contribution in [1.29, 1.82) is 0 Å². The number of nitrogens with zero attached hydrogens (tertiary/aromatic N) is 1. The molecule has 1 aromatic heterocycles. The molecule has 0 amide bonds. The molecule has 0 aliphatic rings. The van der Waals surface area contributed by atoms with Crippen LogP contribution in [0.2, 0.25) is 0 Å². The molecule has 2 rings (SSSR count). The number of phenols is 1. The van der Waals surface area contributed by atoms with E-state index in [1.165, 1.54) is 18.4 Å². The van der Waals surface area contributed by atoms with Gasteiger partial charge in [0.15, 0.2) is 17.2 Å². The van der Waals surface area contributed by atoms with E-state index in [2.05, 4.69) is 9.72 Å². The van der Waals surface area contributed by atoms with Crippen molar-refractivity contribution in [2.45, 2.75) is 13.8 Å². The van der Waals surface area contributed by atoms with Gasteiger partial charge in [-0.1, -0.05) is 0 Å². The molecule has 0 aliphatic heterocycles. The van der Waals surface area contributed by atoms with Gasteiger partial charge in [-0.25, -0.2) is 9.78 Å². The number of benzene rings is 1. The van der Waals surface area contributed by atoms with Crippen molar-refractivity contribution in [3.63, 3.8) is 0 Å². The lowest BCUT2D eigenvalue weighted by Crippen LogP contribution is -2.03. The molecule has 1 N–H and O–H groups in total. The maximum Gasteiger partial charge on any atom is 0.357 e. The van der Waals surface area contributed by atoms with Gasteiger partial charge in [0.1, 0.15) is 5.01 Å². The third kappa shape index (κ3) is 2.75. The Morgan fingerprint density at radius 1 is 1.45 bits per heavy atom. The highest BCUT2D eigenvalue weighted by Gasteiger charge is 2.17. The molecule has 6 heteroatoms. The lowest BCUT2D eigenvalue weighted by atomic mass is 10.2. The van der Waals surface area contributed by atoms with Gasteiger partial charge in [0, 0.05) is 10.4 Å². The van der Waals surface area contributed by atoms with E-state index < -0.39 is 5.97 Å². The fourth-order valence-corrected chi connectivity index (χ4v) is 2.62. The molecule has 2 aromatic rings. The Morgan fingerprint density at radius 2 is 2.20 bits per heavy atom. The number of carbonyl (C=O) groups excluding carboxylic acids is 1. The molecule has 0 fully saturated rings. The Balaban J connectivity index is 2.41. The molecule has 106 valence electrons. The van der Waals surface area contributed by atoms with Gasteiger partial charge < -0.3 is 14.6 Å². The predicted octanol–water partition coefficient (Wildman–Crippen LogP) is 3.01. The van der Waals surface area contributed by atoms with Gasteiger partial charge in [-0.3, -0.25) is 0 Å². The fraction of sp³-hybridized carbons (Fsp3) is 0.286. The van der Waals surface area contributed by atoms with Crippen molar-refractivity contribution in [2.75, 3.05) is 13.7 Å². The number of aromatic hydroxyl groups is 1. The largest absolute Gasteiger partial charge is 0.504 e. The molecule has 0 saturated carbocycles. The highest BCUT2D eigenvalue weighted by Crippen LogP contribution is 2.34. The highest BCUT2D eigenvalue weighted by atomic mass is 32.1. The lowest BCUT2D eigenvalue weighted by Gasteiger charge is -2.06. The summed E-state index contributed by atoms with van der Waals surface area (Å²) in [4.78, 5) is 16.6. The molecule has 0 atom stereocenters. The third-order valence-electron chi connectivity index (χ3n) is 2.68. The summed E-state index contributed by atoms with van der Waals surface area (Å²) >= 11 is 1.39. The maximum atomic E-state index is 11.6. The number of esters is 1.